The van der Waals surface area contributed by atoms with Gasteiger partial charge in [-0.2, -0.15) is 17.0 Å². The molecule has 0 bridgehead atoms. The molecule has 2 fully saturated rings. The molecule has 1 aromatic rings. The van der Waals surface area contributed by atoms with E-state index in [0.717, 1.165) is 18.4 Å². The van der Waals surface area contributed by atoms with Crippen LogP contribution in [0.25, 0.3) is 0 Å². The lowest BCUT2D eigenvalue weighted by Gasteiger charge is -2.47. The highest BCUT2D eigenvalue weighted by atomic mass is 35.5. The van der Waals surface area contributed by atoms with Crippen LogP contribution in [-0.4, -0.2) is 73.7 Å². The van der Waals surface area contributed by atoms with Gasteiger partial charge in [0.1, 0.15) is 5.75 Å². The van der Waals surface area contributed by atoms with Crippen molar-refractivity contribution < 1.29 is 17.9 Å². The van der Waals surface area contributed by atoms with Gasteiger partial charge in [0, 0.05) is 44.8 Å². The second-order valence-electron chi connectivity index (χ2n) is 8.11. The minimum Gasteiger partial charge on any atom is -0.481 e. The first kappa shape index (κ1) is 22.3. The van der Waals surface area contributed by atoms with Crippen molar-refractivity contribution in [1.82, 2.24) is 13.5 Å². The number of benzene rings is 1. The smallest absolute Gasteiger partial charge is 0.281 e. The summed E-state index contributed by atoms with van der Waals surface area (Å²) in [6.45, 7) is 5.24. The van der Waals surface area contributed by atoms with Gasteiger partial charge < -0.3 is 9.64 Å². The molecule has 7 nitrogen and oxygen atoms in total. The molecule has 3 rings (SSSR count). The topological polar surface area (TPSA) is 70.2 Å². The van der Waals surface area contributed by atoms with Crippen molar-refractivity contribution in [3.8, 4) is 5.75 Å². The molecule has 2 heterocycles. The molecule has 0 aliphatic carbocycles. The number of hydrogen-bond acceptors (Lipinski definition) is 4. The van der Waals surface area contributed by atoms with Crippen LogP contribution in [0.15, 0.2) is 18.2 Å². The zero-order chi connectivity index (χ0) is 21.3. The Hall–Kier alpha value is -1.35. The van der Waals surface area contributed by atoms with E-state index in [1.807, 2.05) is 17.9 Å². The Bertz CT molecular complexity index is 861. The standard InChI is InChI=1S/C20H30ClN3O4S/c1-14-12-17(21)7-8-19(14)28-15(2)20(25)24-10-5-6-16-13-23(11-9-18(16)24)29(26,27)22(3)4/h7-8,12,15-16,18H,5-6,9-11,13H2,1-4H3/t15?,16-,18+/m1/s1. The zero-order valence-electron chi connectivity index (χ0n) is 17.5. The molecule has 0 spiro atoms. The van der Waals surface area contributed by atoms with Crippen molar-refractivity contribution in [2.75, 3.05) is 33.7 Å². The number of likely N-dealkylation sites (tertiary alicyclic amines) is 1. The fourth-order valence-electron chi connectivity index (χ4n) is 4.30. The van der Waals surface area contributed by atoms with E-state index in [2.05, 4.69) is 0 Å². The molecule has 29 heavy (non-hydrogen) atoms. The minimum atomic E-state index is -3.43. The Morgan fingerprint density at radius 3 is 2.66 bits per heavy atom. The van der Waals surface area contributed by atoms with E-state index in [0.29, 0.717) is 36.8 Å². The molecule has 1 aromatic carbocycles. The summed E-state index contributed by atoms with van der Waals surface area (Å²) in [5.74, 6) is 0.759. The third kappa shape index (κ3) is 4.71. The van der Waals surface area contributed by atoms with Gasteiger partial charge in [0.05, 0.1) is 0 Å². The van der Waals surface area contributed by atoms with Gasteiger partial charge in [0.2, 0.25) is 0 Å². The lowest BCUT2D eigenvalue weighted by atomic mass is 9.84. The normalized spacial score (nSPS) is 24.3. The van der Waals surface area contributed by atoms with E-state index in [4.69, 9.17) is 16.3 Å². The van der Waals surface area contributed by atoms with Gasteiger partial charge in [-0.15, -0.1) is 0 Å². The monoisotopic (exact) mass is 443 g/mol. The molecule has 9 heteroatoms. The average Bonchev–Trinajstić information content (AvgIpc) is 2.68. The Morgan fingerprint density at radius 1 is 1.28 bits per heavy atom. The first-order chi connectivity index (χ1) is 13.6. The Kier molecular flexibility index (Phi) is 6.77. The first-order valence-electron chi connectivity index (χ1n) is 10.0. The second-order valence-corrected chi connectivity index (χ2v) is 10.7. The summed E-state index contributed by atoms with van der Waals surface area (Å²) in [5.41, 5.74) is 0.885. The van der Waals surface area contributed by atoms with Gasteiger partial charge in [-0.05, 0) is 62.8 Å². The first-order valence-corrected chi connectivity index (χ1v) is 11.8. The van der Waals surface area contributed by atoms with Crippen LogP contribution >= 0.6 is 11.6 Å². The number of aryl methyl sites for hydroxylation is 1. The molecule has 1 amide bonds. The van der Waals surface area contributed by atoms with Gasteiger partial charge in [-0.25, -0.2) is 0 Å². The summed E-state index contributed by atoms with van der Waals surface area (Å²) in [6, 6.07) is 5.40. The van der Waals surface area contributed by atoms with Crippen LogP contribution in [-0.2, 0) is 15.0 Å². The van der Waals surface area contributed by atoms with Crippen molar-refractivity contribution >= 4 is 27.7 Å². The predicted octanol–water partition coefficient (Wildman–Crippen LogP) is 2.54. The highest BCUT2D eigenvalue weighted by Gasteiger charge is 2.42. The number of carbonyl (C=O) groups excluding carboxylic acids is 1. The van der Waals surface area contributed by atoms with Crippen molar-refractivity contribution in [2.45, 2.75) is 45.3 Å². The molecule has 3 atom stereocenters. The maximum atomic E-state index is 13.2. The van der Waals surface area contributed by atoms with Gasteiger partial charge in [0.25, 0.3) is 16.1 Å². The van der Waals surface area contributed by atoms with E-state index >= 15 is 0 Å². The summed E-state index contributed by atoms with van der Waals surface area (Å²) < 4.78 is 33.7. The molecule has 162 valence electrons. The van der Waals surface area contributed by atoms with Crippen LogP contribution in [0.1, 0.15) is 31.7 Å². The molecule has 0 saturated carbocycles. The highest BCUT2D eigenvalue weighted by Crippen LogP contribution is 2.33. The highest BCUT2D eigenvalue weighted by molar-refractivity contribution is 7.86. The lowest BCUT2D eigenvalue weighted by Crippen LogP contribution is -2.59. The van der Waals surface area contributed by atoms with E-state index in [1.165, 1.54) is 4.31 Å². The van der Waals surface area contributed by atoms with E-state index in [-0.39, 0.29) is 17.9 Å². The SMILES string of the molecule is Cc1cc(Cl)ccc1OC(C)C(=O)N1CCC[C@@H]2CN(S(=O)(=O)N(C)C)CC[C@@H]21. The number of rotatable bonds is 5. The van der Waals surface area contributed by atoms with Crippen LogP contribution in [0, 0.1) is 12.8 Å². The Labute approximate surface area is 178 Å². The zero-order valence-corrected chi connectivity index (χ0v) is 19.0. The molecule has 2 aliphatic rings. The number of hydrogen-bond donors (Lipinski definition) is 0. The number of ether oxygens (including phenoxy) is 1. The van der Waals surface area contributed by atoms with Gasteiger partial charge in [-0.1, -0.05) is 11.6 Å². The molecular formula is C20H30ClN3O4S. The van der Waals surface area contributed by atoms with Crippen molar-refractivity contribution in [1.29, 1.82) is 0 Å². The van der Waals surface area contributed by atoms with Crippen molar-refractivity contribution in [2.24, 2.45) is 5.92 Å². The van der Waals surface area contributed by atoms with Gasteiger partial charge in [0.15, 0.2) is 6.10 Å². The van der Waals surface area contributed by atoms with E-state index in [1.54, 1.807) is 37.5 Å². The van der Waals surface area contributed by atoms with Crippen LogP contribution < -0.4 is 4.74 Å². The van der Waals surface area contributed by atoms with Crippen LogP contribution in [0.3, 0.4) is 0 Å². The Balaban J connectivity index is 1.69. The lowest BCUT2D eigenvalue weighted by molar-refractivity contribution is -0.144. The average molecular weight is 444 g/mol. The summed E-state index contributed by atoms with van der Waals surface area (Å²) >= 11 is 6.00. The van der Waals surface area contributed by atoms with Gasteiger partial charge in [-0.3, -0.25) is 4.79 Å². The fraction of sp³-hybridized carbons (Fsp3) is 0.650. The predicted molar refractivity (Wildman–Crippen MR) is 113 cm³/mol. The van der Waals surface area contributed by atoms with Gasteiger partial charge >= 0.3 is 0 Å². The van der Waals surface area contributed by atoms with Crippen LogP contribution in [0.4, 0.5) is 0 Å². The minimum absolute atomic E-state index is 0.0435. The van der Waals surface area contributed by atoms with E-state index < -0.39 is 16.3 Å². The Morgan fingerprint density at radius 2 is 2.00 bits per heavy atom. The maximum absolute atomic E-state index is 13.2. The summed E-state index contributed by atoms with van der Waals surface area (Å²) in [7, 11) is -0.323. The maximum Gasteiger partial charge on any atom is 0.281 e. The van der Waals surface area contributed by atoms with Crippen molar-refractivity contribution in [3.05, 3.63) is 28.8 Å². The quantitative estimate of drug-likeness (QED) is 0.701. The molecule has 0 radical (unpaired) electrons. The number of nitrogens with zero attached hydrogens (tertiary/aromatic N) is 3. The summed E-state index contributed by atoms with van der Waals surface area (Å²) in [5, 5.41) is 0.632. The third-order valence-corrected chi connectivity index (χ3v) is 8.03. The van der Waals surface area contributed by atoms with Crippen LogP contribution in [0.2, 0.25) is 5.02 Å². The van der Waals surface area contributed by atoms with Crippen LogP contribution in [0.5, 0.6) is 5.75 Å². The largest absolute Gasteiger partial charge is 0.481 e. The number of amides is 1. The van der Waals surface area contributed by atoms with E-state index in [9.17, 15) is 13.2 Å². The fourth-order valence-corrected chi connectivity index (χ4v) is 5.71. The van der Waals surface area contributed by atoms with Crippen molar-refractivity contribution in [3.63, 3.8) is 0 Å². The molecule has 0 aromatic heterocycles. The summed E-state index contributed by atoms with van der Waals surface area (Å²) in [4.78, 5) is 15.1. The molecular weight excluding hydrogens is 414 g/mol. The second kappa shape index (κ2) is 8.79. The molecule has 1 unspecified atom stereocenters. The number of carbonyl (C=O) groups is 1. The summed E-state index contributed by atoms with van der Waals surface area (Å²) in [6.07, 6.45) is 1.84. The number of fused-ring (bicyclic) bond motifs is 1. The molecule has 2 saturated heterocycles. The molecule has 0 N–H and O–H groups in total. The third-order valence-electron chi connectivity index (χ3n) is 5.89. The molecule has 2 aliphatic heterocycles. The number of halogens is 1. The number of piperidine rings is 2.